The lowest BCUT2D eigenvalue weighted by atomic mass is 10.0. The maximum Gasteiger partial charge on any atom is 0.191 e. The smallest absolute Gasteiger partial charge is 0.191 e. The fourth-order valence-corrected chi connectivity index (χ4v) is 3.17. The second kappa shape index (κ2) is 11.3. The zero-order chi connectivity index (χ0) is 19.0. The van der Waals surface area contributed by atoms with Crippen LogP contribution in [0.1, 0.15) is 30.9 Å². The third kappa shape index (κ3) is 6.67. The normalized spacial score (nSPS) is 19.0. The first-order chi connectivity index (χ1) is 13.2. The van der Waals surface area contributed by atoms with Gasteiger partial charge in [0, 0.05) is 32.3 Å². The highest BCUT2D eigenvalue weighted by atomic mass is 127. The van der Waals surface area contributed by atoms with Gasteiger partial charge in [0.15, 0.2) is 5.96 Å². The Morgan fingerprint density at radius 3 is 2.57 bits per heavy atom. The number of para-hydroxylation sites is 1. The molecule has 28 heavy (non-hydrogen) atoms. The number of halogens is 1. The molecule has 0 spiro atoms. The lowest BCUT2D eigenvalue weighted by Crippen LogP contribution is -2.45. The molecule has 1 saturated heterocycles. The van der Waals surface area contributed by atoms with Crippen LogP contribution in [0.5, 0.6) is 5.75 Å². The molecule has 1 unspecified atom stereocenters. The van der Waals surface area contributed by atoms with Crippen molar-refractivity contribution in [2.45, 2.75) is 38.5 Å². The third-order valence-corrected chi connectivity index (χ3v) is 4.81. The number of rotatable bonds is 7. The molecule has 1 aliphatic rings. The van der Waals surface area contributed by atoms with Crippen LogP contribution in [0.15, 0.2) is 59.6 Å². The van der Waals surface area contributed by atoms with Crippen LogP contribution in [0.3, 0.4) is 0 Å². The number of nitrogens with one attached hydrogen (secondary N) is 2. The summed E-state index contributed by atoms with van der Waals surface area (Å²) in [4.78, 5) is 4.32. The minimum absolute atomic E-state index is 0. The van der Waals surface area contributed by atoms with E-state index >= 15 is 0 Å². The van der Waals surface area contributed by atoms with E-state index in [9.17, 15) is 0 Å². The van der Waals surface area contributed by atoms with Gasteiger partial charge in [0.05, 0.1) is 5.60 Å². The lowest BCUT2D eigenvalue weighted by molar-refractivity contribution is 0.0243. The molecule has 1 aliphatic heterocycles. The molecule has 0 radical (unpaired) electrons. The molecule has 2 aromatic rings. The van der Waals surface area contributed by atoms with Gasteiger partial charge in [0.2, 0.25) is 0 Å². The second-order valence-electron chi connectivity index (χ2n) is 7.06. The molecule has 5 nitrogen and oxygen atoms in total. The van der Waals surface area contributed by atoms with Crippen molar-refractivity contribution in [3.05, 3.63) is 65.7 Å². The maximum atomic E-state index is 6.03. The van der Waals surface area contributed by atoms with Gasteiger partial charge in [0.25, 0.3) is 0 Å². The summed E-state index contributed by atoms with van der Waals surface area (Å²) < 4.78 is 11.9. The van der Waals surface area contributed by atoms with E-state index in [4.69, 9.17) is 9.47 Å². The van der Waals surface area contributed by atoms with Crippen LogP contribution in [-0.2, 0) is 17.9 Å². The largest absolute Gasteiger partial charge is 0.489 e. The number of benzene rings is 2. The lowest BCUT2D eigenvalue weighted by Gasteiger charge is -2.24. The highest BCUT2D eigenvalue weighted by molar-refractivity contribution is 14.0. The summed E-state index contributed by atoms with van der Waals surface area (Å²) in [7, 11) is 1.78. The van der Waals surface area contributed by atoms with E-state index in [0.717, 1.165) is 48.8 Å². The third-order valence-electron chi connectivity index (χ3n) is 4.81. The predicted octanol–water partition coefficient (Wildman–Crippen LogP) is 4.12. The summed E-state index contributed by atoms with van der Waals surface area (Å²) in [5.41, 5.74) is 2.15. The number of hydrogen-bond donors (Lipinski definition) is 2. The average molecular weight is 495 g/mol. The second-order valence-corrected chi connectivity index (χ2v) is 7.06. The molecule has 0 aromatic heterocycles. The van der Waals surface area contributed by atoms with Crippen molar-refractivity contribution in [1.82, 2.24) is 10.6 Å². The zero-order valence-electron chi connectivity index (χ0n) is 16.6. The van der Waals surface area contributed by atoms with Crippen molar-refractivity contribution < 1.29 is 9.47 Å². The Hall–Kier alpha value is -1.80. The van der Waals surface area contributed by atoms with Crippen LogP contribution in [-0.4, -0.2) is 31.8 Å². The fourth-order valence-electron chi connectivity index (χ4n) is 3.17. The van der Waals surface area contributed by atoms with E-state index in [0.29, 0.717) is 13.2 Å². The first-order valence-corrected chi connectivity index (χ1v) is 9.52. The molecular weight excluding hydrogens is 465 g/mol. The summed E-state index contributed by atoms with van der Waals surface area (Å²) in [6.07, 6.45) is 2.20. The van der Waals surface area contributed by atoms with Crippen molar-refractivity contribution in [2.24, 2.45) is 4.99 Å². The number of aliphatic imine (C=N–C) groups is 1. The molecule has 0 saturated carbocycles. The van der Waals surface area contributed by atoms with Crippen molar-refractivity contribution in [2.75, 3.05) is 20.2 Å². The number of ether oxygens (including phenoxy) is 2. The van der Waals surface area contributed by atoms with Crippen molar-refractivity contribution in [1.29, 1.82) is 0 Å². The maximum absolute atomic E-state index is 6.03. The van der Waals surface area contributed by atoms with Gasteiger partial charge < -0.3 is 20.1 Å². The van der Waals surface area contributed by atoms with Gasteiger partial charge in [0.1, 0.15) is 12.4 Å². The molecule has 1 atom stereocenters. The topological polar surface area (TPSA) is 54.9 Å². The molecule has 152 valence electrons. The van der Waals surface area contributed by atoms with Crippen molar-refractivity contribution in [3.8, 4) is 5.75 Å². The van der Waals surface area contributed by atoms with Crippen LogP contribution < -0.4 is 15.4 Å². The van der Waals surface area contributed by atoms with Gasteiger partial charge in [-0.05, 0) is 31.4 Å². The Labute approximate surface area is 184 Å². The van der Waals surface area contributed by atoms with E-state index in [1.165, 1.54) is 0 Å². The molecule has 2 aromatic carbocycles. The van der Waals surface area contributed by atoms with Gasteiger partial charge in [-0.3, -0.25) is 4.99 Å². The Bertz CT molecular complexity index is 746. The van der Waals surface area contributed by atoms with Crippen molar-refractivity contribution in [3.63, 3.8) is 0 Å². The van der Waals surface area contributed by atoms with E-state index in [-0.39, 0.29) is 29.6 Å². The summed E-state index contributed by atoms with van der Waals surface area (Å²) in [5, 5.41) is 6.74. The summed E-state index contributed by atoms with van der Waals surface area (Å²) >= 11 is 0. The highest BCUT2D eigenvalue weighted by Crippen LogP contribution is 2.24. The molecule has 3 rings (SSSR count). The first-order valence-electron chi connectivity index (χ1n) is 9.52. The Morgan fingerprint density at radius 2 is 1.86 bits per heavy atom. The molecule has 0 bridgehead atoms. The van der Waals surface area contributed by atoms with Gasteiger partial charge in [-0.2, -0.15) is 0 Å². The number of nitrogens with zero attached hydrogens (tertiary/aromatic N) is 1. The predicted molar refractivity (Wildman–Crippen MR) is 124 cm³/mol. The molecule has 1 heterocycles. The molecule has 6 heteroatoms. The molecule has 2 N–H and O–H groups in total. The number of guanidine groups is 1. The van der Waals surface area contributed by atoms with Crippen LogP contribution in [0, 0.1) is 0 Å². The standard InChI is InChI=1S/C22H29N3O2.HI/c1-22(13-8-14-27-22)17-25-21(23-2)24-15-19-11-6-7-12-20(19)26-16-18-9-4-3-5-10-18;/h3-7,9-12H,8,13-17H2,1-2H3,(H2,23,24,25);1H. The summed E-state index contributed by atoms with van der Waals surface area (Å²) in [5.74, 6) is 1.65. The van der Waals surface area contributed by atoms with Gasteiger partial charge in [-0.15, -0.1) is 24.0 Å². The zero-order valence-corrected chi connectivity index (χ0v) is 18.9. The van der Waals surface area contributed by atoms with Crippen LogP contribution in [0.2, 0.25) is 0 Å². The minimum atomic E-state index is -0.103. The van der Waals surface area contributed by atoms with Crippen LogP contribution >= 0.6 is 24.0 Å². The van der Waals surface area contributed by atoms with Crippen molar-refractivity contribution >= 4 is 29.9 Å². The molecule has 0 amide bonds. The molecule has 0 aliphatic carbocycles. The van der Waals surface area contributed by atoms with Crippen LogP contribution in [0.25, 0.3) is 0 Å². The summed E-state index contributed by atoms with van der Waals surface area (Å²) in [6, 6.07) is 18.3. The SMILES string of the molecule is CN=C(NCc1ccccc1OCc1ccccc1)NCC1(C)CCCO1.I. The van der Waals surface area contributed by atoms with E-state index in [1.807, 2.05) is 36.4 Å². The van der Waals surface area contributed by atoms with Crippen LogP contribution in [0.4, 0.5) is 0 Å². The molecule has 1 fully saturated rings. The Balaban J connectivity index is 0.00000280. The highest BCUT2D eigenvalue weighted by Gasteiger charge is 2.29. The van der Waals surface area contributed by atoms with Gasteiger partial charge >= 0.3 is 0 Å². The van der Waals surface area contributed by atoms with E-state index in [1.54, 1.807) is 7.05 Å². The quantitative estimate of drug-likeness (QED) is 0.345. The minimum Gasteiger partial charge on any atom is -0.489 e. The summed E-state index contributed by atoms with van der Waals surface area (Å²) in [6.45, 7) is 4.94. The Kier molecular flexibility index (Phi) is 9.05. The molecular formula is C22H30IN3O2. The van der Waals surface area contributed by atoms with E-state index < -0.39 is 0 Å². The van der Waals surface area contributed by atoms with Gasteiger partial charge in [-0.25, -0.2) is 0 Å². The van der Waals surface area contributed by atoms with E-state index in [2.05, 4.69) is 40.7 Å². The van der Waals surface area contributed by atoms with Gasteiger partial charge in [-0.1, -0.05) is 48.5 Å². The fraction of sp³-hybridized carbons (Fsp3) is 0.409. The first kappa shape index (κ1) is 22.5. The monoisotopic (exact) mass is 495 g/mol. The average Bonchev–Trinajstić information content (AvgIpc) is 3.15. The number of hydrogen-bond acceptors (Lipinski definition) is 3. The Morgan fingerprint density at radius 1 is 1.11 bits per heavy atom.